The Labute approximate surface area is 78.6 Å². The van der Waals surface area contributed by atoms with Crippen molar-refractivity contribution in [3.63, 3.8) is 0 Å². The molecule has 0 bridgehead atoms. The molecule has 0 unspecified atom stereocenters. The lowest BCUT2D eigenvalue weighted by Gasteiger charge is -2.07. The molecule has 1 rings (SSSR count). The van der Waals surface area contributed by atoms with E-state index < -0.39 is 17.9 Å². The fourth-order valence-corrected chi connectivity index (χ4v) is 1.01. The average Bonchev–Trinajstić information content (AvgIpc) is 2.10. The molecule has 0 aliphatic rings. The minimum absolute atomic E-state index is 0.0651. The number of hydrogen-bond donors (Lipinski definition) is 2. The van der Waals surface area contributed by atoms with Crippen LogP contribution in [0.1, 0.15) is 17.7 Å². The summed E-state index contributed by atoms with van der Waals surface area (Å²) < 4.78 is 24.5. The smallest absolute Gasteiger partial charge is 0.284 e. The summed E-state index contributed by atoms with van der Waals surface area (Å²) in [7, 11) is 0. The molecule has 4 nitrogen and oxygen atoms in total. The van der Waals surface area contributed by atoms with E-state index in [0.717, 1.165) is 0 Å². The van der Waals surface area contributed by atoms with E-state index in [1.807, 2.05) is 0 Å². The summed E-state index contributed by atoms with van der Waals surface area (Å²) in [6, 6.07) is 2.93. The molecule has 0 amide bonds. The standard InChI is InChI=1S/C8H7F2N3O/c9-8(10)6-7(14)4(1-2-11)3-5(12)13-6/h3,8,14H,1H2,(H2,12,13). The second-order valence-corrected chi connectivity index (χ2v) is 2.58. The fourth-order valence-electron chi connectivity index (χ4n) is 1.01. The van der Waals surface area contributed by atoms with Crippen molar-refractivity contribution in [3.05, 3.63) is 17.3 Å². The number of nitrogen functional groups attached to an aromatic ring is 1. The zero-order valence-corrected chi connectivity index (χ0v) is 7.04. The van der Waals surface area contributed by atoms with E-state index in [1.54, 1.807) is 6.07 Å². The number of anilines is 1. The molecule has 0 fully saturated rings. The van der Waals surface area contributed by atoms with Gasteiger partial charge in [0.15, 0.2) is 5.69 Å². The number of nitrogens with two attached hydrogens (primary N) is 1. The van der Waals surface area contributed by atoms with Gasteiger partial charge in [0.2, 0.25) is 0 Å². The van der Waals surface area contributed by atoms with Crippen molar-refractivity contribution >= 4 is 5.82 Å². The van der Waals surface area contributed by atoms with Crippen molar-refractivity contribution in [1.82, 2.24) is 4.98 Å². The Morgan fingerprint density at radius 3 is 2.79 bits per heavy atom. The van der Waals surface area contributed by atoms with E-state index >= 15 is 0 Å². The molecule has 74 valence electrons. The third-order valence-electron chi connectivity index (χ3n) is 1.59. The van der Waals surface area contributed by atoms with Crippen molar-refractivity contribution in [2.24, 2.45) is 0 Å². The maximum atomic E-state index is 12.3. The van der Waals surface area contributed by atoms with Crippen LogP contribution in [0.5, 0.6) is 5.75 Å². The molecule has 0 atom stereocenters. The van der Waals surface area contributed by atoms with Crippen LogP contribution in [0.15, 0.2) is 6.07 Å². The lowest BCUT2D eigenvalue weighted by molar-refractivity contribution is 0.142. The maximum Gasteiger partial charge on any atom is 0.284 e. The molecular formula is C8H7F2N3O. The van der Waals surface area contributed by atoms with Crippen LogP contribution in [0, 0.1) is 11.3 Å². The van der Waals surface area contributed by atoms with Gasteiger partial charge in [-0.1, -0.05) is 0 Å². The highest BCUT2D eigenvalue weighted by atomic mass is 19.3. The Hall–Kier alpha value is -1.90. The summed E-state index contributed by atoms with van der Waals surface area (Å²) in [6.07, 6.45) is -3.09. The van der Waals surface area contributed by atoms with Gasteiger partial charge < -0.3 is 10.8 Å². The van der Waals surface area contributed by atoms with Gasteiger partial charge in [-0.05, 0) is 6.07 Å². The Bertz CT molecular complexity index is 387. The number of hydrogen-bond acceptors (Lipinski definition) is 4. The zero-order chi connectivity index (χ0) is 10.7. The maximum absolute atomic E-state index is 12.3. The predicted molar refractivity (Wildman–Crippen MR) is 44.6 cm³/mol. The van der Waals surface area contributed by atoms with Gasteiger partial charge in [0.25, 0.3) is 6.43 Å². The molecule has 6 heteroatoms. The second-order valence-electron chi connectivity index (χ2n) is 2.58. The number of rotatable bonds is 2. The summed E-state index contributed by atoms with van der Waals surface area (Å²) in [4.78, 5) is 3.28. The van der Waals surface area contributed by atoms with Gasteiger partial charge in [0.05, 0.1) is 12.5 Å². The minimum Gasteiger partial charge on any atom is -0.505 e. The van der Waals surface area contributed by atoms with Crippen LogP contribution in [-0.4, -0.2) is 10.1 Å². The van der Waals surface area contributed by atoms with Crippen molar-refractivity contribution in [1.29, 1.82) is 5.26 Å². The van der Waals surface area contributed by atoms with Crippen LogP contribution >= 0.6 is 0 Å². The van der Waals surface area contributed by atoms with E-state index in [9.17, 15) is 13.9 Å². The molecule has 1 heterocycles. The van der Waals surface area contributed by atoms with Crippen molar-refractivity contribution in [3.8, 4) is 11.8 Å². The van der Waals surface area contributed by atoms with Crippen LogP contribution in [0.25, 0.3) is 0 Å². The first-order chi connectivity index (χ1) is 6.56. The molecule has 0 aliphatic heterocycles. The van der Waals surface area contributed by atoms with E-state index in [0.29, 0.717) is 0 Å². The minimum atomic E-state index is -2.91. The van der Waals surface area contributed by atoms with Crippen molar-refractivity contribution in [2.45, 2.75) is 12.8 Å². The van der Waals surface area contributed by atoms with Gasteiger partial charge >= 0.3 is 0 Å². The monoisotopic (exact) mass is 199 g/mol. The highest BCUT2D eigenvalue weighted by Gasteiger charge is 2.18. The number of aromatic nitrogens is 1. The van der Waals surface area contributed by atoms with E-state index in [1.165, 1.54) is 6.07 Å². The second kappa shape index (κ2) is 3.87. The average molecular weight is 199 g/mol. The Morgan fingerprint density at radius 1 is 1.64 bits per heavy atom. The summed E-state index contributed by atoms with van der Waals surface area (Å²) in [5.74, 6) is -0.792. The summed E-state index contributed by atoms with van der Waals surface area (Å²) in [5, 5.41) is 17.6. The van der Waals surface area contributed by atoms with Crippen molar-refractivity contribution < 1.29 is 13.9 Å². The van der Waals surface area contributed by atoms with E-state index in [2.05, 4.69) is 4.98 Å². The molecule has 0 saturated heterocycles. The van der Waals surface area contributed by atoms with Gasteiger partial charge in [-0.2, -0.15) is 5.26 Å². The number of nitriles is 1. The lowest BCUT2D eigenvalue weighted by atomic mass is 10.1. The molecule has 14 heavy (non-hydrogen) atoms. The van der Waals surface area contributed by atoms with Gasteiger partial charge in [0, 0.05) is 5.56 Å². The topological polar surface area (TPSA) is 82.9 Å². The molecular weight excluding hydrogens is 192 g/mol. The summed E-state index contributed by atoms with van der Waals surface area (Å²) >= 11 is 0. The van der Waals surface area contributed by atoms with Crippen molar-refractivity contribution in [2.75, 3.05) is 5.73 Å². The molecule has 0 aliphatic carbocycles. The van der Waals surface area contributed by atoms with Crippen LogP contribution < -0.4 is 5.73 Å². The van der Waals surface area contributed by atoms with Crippen LogP contribution in [0.4, 0.5) is 14.6 Å². The van der Waals surface area contributed by atoms with Gasteiger partial charge in [-0.25, -0.2) is 13.8 Å². The van der Waals surface area contributed by atoms with Crippen LogP contribution in [-0.2, 0) is 6.42 Å². The normalized spacial score (nSPS) is 10.1. The Balaban J connectivity index is 3.26. The first kappa shape index (κ1) is 10.2. The summed E-state index contributed by atoms with van der Waals surface area (Å²) in [5.41, 5.74) is 4.51. The molecule has 0 radical (unpaired) electrons. The van der Waals surface area contributed by atoms with Gasteiger partial charge in [-0.3, -0.25) is 0 Å². The largest absolute Gasteiger partial charge is 0.505 e. The zero-order valence-electron chi connectivity index (χ0n) is 7.04. The van der Waals surface area contributed by atoms with E-state index in [-0.39, 0.29) is 17.8 Å². The lowest BCUT2D eigenvalue weighted by Crippen LogP contribution is -2.00. The first-order valence-electron chi connectivity index (χ1n) is 3.69. The quantitative estimate of drug-likeness (QED) is 0.753. The Morgan fingerprint density at radius 2 is 2.29 bits per heavy atom. The van der Waals surface area contributed by atoms with Crippen LogP contribution in [0.3, 0.4) is 0 Å². The van der Waals surface area contributed by atoms with Crippen LogP contribution in [0.2, 0.25) is 0 Å². The van der Waals surface area contributed by atoms with Gasteiger partial charge in [0.1, 0.15) is 11.6 Å². The molecule has 0 saturated carbocycles. The third kappa shape index (κ3) is 1.88. The number of nitrogens with zero attached hydrogens (tertiary/aromatic N) is 2. The number of pyridine rings is 1. The molecule has 0 spiro atoms. The number of halogens is 2. The highest BCUT2D eigenvalue weighted by Crippen LogP contribution is 2.30. The predicted octanol–water partition coefficient (Wildman–Crippen LogP) is 1.37. The van der Waals surface area contributed by atoms with Gasteiger partial charge in [-0.15, -0.1) is 0 Å². The van der Waals surface area contributed by atoms with E-state index in [4.69, 9.17) is 11.0 Å². The first-order valence-corrected chi connectivity index (χ1v) is 3.69. The molecule has 0 aromatic carbocycles. The number of aromatic hydroxyl groups is 1. The SMILES string of the molecule is N#CCc1cc(N)nc(C(F)F)c1O. The summed E-state index contributed by atoms with van der Waals surface area (Å²) in [6.45, 7) is 0. The Kier molecular flexibility index (Phi) is 2.82. The molecule has 1 aromatic heterocycles. The molecule has 1 aromatic rings. The molecule has 3 N–H and O–H groups in total. The third-order valence-corrected chi connectivity index (χ3v) is 1.59. The number of alkyl halides is 2. The highest BCUT2D eigenvalue weighted by molar-refractivity contribution is 5.46. The fraction of sp³-hybridized carbons (Fsp3) is 0.250.